The molecular formula is C32H40N6O6S. The Morgan fingerprint density at radius 2 is 1.82 bits per heavy atom. The summed E-state index contributed by atoms with van der Waals surface area (Å²) in [6, 6.07) is 12.6. The number of rotatable bonds is 10. The molecule has 1 amide bonds. The molecule has 0 radical (unpaired) electrons. The third-order valence-corrected chi connectivity index (χ3v) is 8.19. The Hall–Kier alpha value is -4.20. The number of methoxy groups -OCH3 is 1. The van der Waals surface area contributed by atoms with Crippen LogP contribution in [0.5, 0.6) is 17.4 Å². The van der Waals surface area contributed by atoms with Gasteiger partial charge in [-0.1, -0.05) is 32.9 Å². The molecule has 240 valence electrons. The molecule has 2 aromatic carbocycles. The lowest BCUT2D eigenvalue weighted by molar-refractivity contribution is 0.0382. The van der Waals surface area contributed by atoms with Crippen molar-refractivity contribution in [1.29, 1.82) is 0 Å². The summed E-state index contributed by atoms with van der Waals surface area (Å²) in [4.78, 5) is 25.1. The topological polar surface area (TPSA) is 137 Å². The Kier molecular flexibility index (Phi) is 9.33. The van der Waals surface area contributed by atoms with Crippen LogP contribution < -0.4 is 19.5 Å². The highest BCUT2D eigenvalue weighted by Crippen LogP contribution is 2.40. The van der Waals surface area contributed by atoms with Crippen LogP contribution in [0.25, 0.3) is 10.9 Å². The molecule has 4 aromatic rings. The van der Waals surface area contributed by atoms with E-state index in [-0.39, 0.29) is 16.9 Å². The number of amides is 1. The van der Waals surface area contributed by atoms with Gasteiger partial charge < -0.3 is 24.1 Å². The lowest BCUT2D eigenvalue weighted by atomic mass is 9.86. The highest BCUT2D eigenvalue weighted by Gasteiger charge is 2.24. The largest absolute Gasteiger partial charge is 0.492 e. The monoisotopic (exact) mass is 636 g/mol. The summed E-state index contributed by atoms with van der Waals surface area (Å²) in [5.74, 6) is 1.45. The molecule has 0 bridgehead atoms. The summed E-state index contributed by atoms with van der Waals surface area (Å²) in [5.41, 5.74) is 2.14. The van der Waals surface area contributed by atoms with Gasteiger partial charge in [-0.2, -0.15) is 4.98 Å². The number of hydrogen-bond donors (Lipinski definition) is 2. The first kappa shape index (κ1) is 32.2. The molecule has 1 fully saturated rings. The van der Waals surface area contributed by atoms with Crippen LogP contribution in [0.3, 0.4) is 0 Å². The second-order valence-corrected chi connectivity index (χ2v) is 13.8. The summed E-state index contributed by atoms with van der Waals surface area (Å²) < 4.78 is 45.8. The number of aromatic nitrogens is 3. The van der Waals surface area contributed by atoms with Gasteiger partial charge in [-0.3, -0.25) is 14.4 Å². The molecule has 3 heterocycles. The van der Waals surface area contributed by atoms with Crippen LogP contribution in [-0.2, 0) is 33.6 Å². The number of aryl methyl sites for hydroxylation is 1. The molecule has 13 heteroatoms. The zero-order valence-electron chi connectivity index (χ0n) is 26.5. The number of ether oxygens (including phenoxy) is 3. The van der Waals surface area contributed by atoms with E-state index in [0.29, 0.717) is 40.8 Å². The number of carbonyl (C=O) groups excluding carboxylic acids is 1. The van der Waals surface area contributed by atoms with Crippen LogP contribution in [0.1, 0.15) is 42.6 Å². The number of nitrogens with zero attached hydrogens (tertiary/aromatic N) is 4. The van der Waals surface area contributed by atoms with Gasteiger partial charge in [0.25, 0.3) is 5.91 Å². The Bertz CT molecular complexity index is 1810. The maximum absolute atomic E-state index is 13.7. The highest BCUT2D eigenvalue weighted by atomic mass is 32.2. The van der Waals surface area contributed by atoms with Crippen LogP contribution in [0.2, 0.25) is 0 Å². The molecule has 0 atom stereocenters. The SMILES string of the molecule is COc1c(NC(=O)c2cc3cccc(Oc4ccnc(CCN5CCOCC5)n4)c3n2C)cc(C(C)(C)C)cc1NS(C)(=O)=O. The predicted octanol–water partition coefficient (Wildman–Crippen LogP) is 4.57. The van der Waals surface area contributed by atoms with E-state index in [1.807, 2.05) is 39.0 Å². The van der Waals surface area contributed by atoms with E-state index in [2.05, 4.69) is 24.9 Å². The summed E-state index contributed by atoms with van der Waals surface area (Å²) >= 11 is 0. The smallest absolute Gasteiger partial charge is 0.272 e. The second-order valence-electron chi connectivity index (χ2n) is 12.1. The Labute approximate surface area is 263 Å². The first-order chi connectivity index (χ1) is 21.3. The van der Waals surface area contributed by atoms with Crippen molar-refractivity contribution in [2.24, 2.45) is 7.05 Å². The second kappa shape index (κ2) is 13.0. The first-order valence-corrected chi connectivity index (χ1v) is 16.6. The summed E-state index contributed by atoms with van der Waals surface area (Å²) in [6.45, 7) is 10.1. The lowest BCUT2D eigenvalue weighted by Crippen LogP contribution is -2.37. The summed E-state index contributed by atoms with van der Waals surface area (Å²) in [5, 5.41) is 3.75. The number of morpholine rings is 1. The fourth-order valence-corrected chi connectivity index (χ4v) is 5.82. The average molecular weight is 637 g/mol. The van der Waals surface area contributed by atoms with E-state index in [1.165, 1.54) is 7.11 Å². The van der Waals surface area contributed by atoms with Crippen LogP contribution in [0, 0.1) is 0 Å². The zero-order chi connectivity index (χ0) is 32.4. The van der Waals surface area contributed by atoms with Crippen LogP contribution >= 0.6 is 0 Å². The summed E-state index contributed by atoms with van der Waals surface area (Å²) in [6.07, 6.45) is 3.45. The van der Waals surface area contributed by atoms with Crippen molar-refractivity contribution in [3.05, 3.63) is 65.7 Å². The van der Waals surface area contributed by atoms with Gasteiger partial charge in [-0.05, 0) is 35.2 Å². The summed E-state index contributed by atoms with van der Waals surface area (Å²) in [7, 11) is -0.396. The molecule has 2 N–H and O–H groups in total. The van der Waals surface area contributed by atoms with Crippen molar-refractivity contribution in [1.82, 2.24) is 19.4 Å². The molecule has 1 aliphatic rings. The van der Waals surface area contributed by atoms with Gasteiger partial charge >= 0.3 is 0 Å². The van der Waals surface area contributed by atoms with Crippen molar-refractivity contribution < 1.29 is 27.4 Å². The van der Waals surface area contributed by atoms with Gasteiger partial charge in [-0.25, -0.2) is 13.4 Å². The van der Waals surface area contributed by atoms with Crippen LogP contribution in [-0.4, -0.2) is 80.0 Å². The van der Waals surface area contributed by atoms with Gasteiger partial charge in [0.1, 0.15) is 11.5 Å². The van der Waals surface area contributed by atoms with Gasteiger partial charge in [0, 0.05) is 50.8 Å². The van der Waals surface area contributed by atoms with Gasteiger partial charge in [0.05, 0.1) is 43.5 Å². The van der Waals surface area contributed by atoms with Gasteiger partial charge in [-0.15, -0.1) is 0 Å². The van der Waals surface area contributed by atoms with Crippen molar-refractivity contribution in [2.45, 2.75) is 32.6 Å². The number of fused-ring (bicyclic) bond motifs is 1. The van der Waals surface area contributed by atoms with Crippen molar-refractivity contribution in [3.8, 4) is 17.4 Å². The van der Waals surface area contributed by atoms with E-state index in [0.717, 1.165) is 50.1 Å². The Morgan fingerprint density at radius 3 is 2.51 bits per heavy atom. The number of para-hydroxylation sites is 1. The van der Waals surface area contributed by atoms with Crippen LogP contribution in [0.4, 0.5) is 11.4 Å². The van der Waals surface area contributed by atoms with E-state index >= 15 is 0 Å². The number of sulfonamides is 1. The first-order valence-electron chi connectivity index (χ1n) is 14.7. The van der Waals surface area contributed by atoms with Gasteiger partial charge in [0.15, 0.2) is 11.5 Å². The number of hydrogen-bond acceptors (Lipinski definition) is 9. The van der Waals surface area contributed by atoms with E-state index in [9.17, 15) is 13.2 Å². The molecule has 0 unspecified atom stereocenters. The minimum Gasteiger partial charge on any atom is -0.492 e. The van der Waals surface area contributed by atoms with Crippen LogP contribution in [0.15, 0.2) is 48.7 Å². The van der Waals surface area contributed by atoms with Crippen molar-refractivity contribution >= 4 is 38.2 Å². The Morgan fingerprint density at radius 1 is 1.09 bits per heavy atom. The predicted molar refractivity (Wildman–Crippen MR) is 174 cm³/mol. The molecule has 0 spiro atoms. The minimum absolute atomic E-state index is 0.206. The van der Waals surface area contributed by atoms with E-state index in [1.54, 1.807) is 42.1 Å². The zero-order valence-corrected chi connectivity index (χ0v) is 27.3. The number of carbonyl (C=O) groups is 1. The van der Waals surface area contributed by atoms with Crippen molar-refractivity contribution in [2.75, 3.05) is 56.3 Å². The number of anilines is 2. The quantitative estimate of drug-likeness (QED) is 0.257. The van der Waals surface area contributed by atoms with E-state index in [4.69, 9.17) is 14.2 Å². The maximum Gasteiger partial charge on any atom is 0.272 e. The molecule has 1 aliphatic heterocycles. The lowest BCUT2D eigenvalue weighted by Gasteiger charge is -2.26. The number of nitrogens with one attached hydrogen (secondary N) is 2. The fraction of sp³-hybridized carbons (Fsp3) is 0.406. The molecule has 12 nitrogen and oxygen atoms in total. The van der Waals surface area contributed by atoms with Crippen molar-refractivity contribution in [3.63, 3.8) is 0 Å². The molecule has 0 saturated carbocycles. The standard InChI is InChI=1S/C32H40N6O6S/c1-32(2,3)22-19-23(30(42-5)24(20-22)36-45(6,40)41)34-31(39)25-18-21-8-7-9-26(29(21)37(25)4)44-28-10-12-33-27(35-28)11-13-38-14-16-43-17-15-38/h7-10,12,18-20,36H,11,13-17H2,1-6H3,(H,34,39). The highest BCUT2D eigenvalue weighted by molar-refractivity contribution is 7.92. The fourth-order valence-electron chi connectivity index (χ4n) is 5.27. The average Bonchev–Trinajstić information content (AvgIpc) is 3.33. The molecular weight excluding hydrogens is 596 g/mol. The normalized spacial score (nSPS) is 14.4. The number of benzene rings is 2. The van der Waals surface area contributed by atoms with Gasteiger partial charge in [0.2, 0.25) is 15.9 Å². The van der Waals surface area contributed by atoms with E-state index < -0.39 is 15.9 Å². The third kappa shape index (κ3) is 7.72. The molecule has 2 aromatic heterocycles. The molecule has 5 rings (SSSR count). The maximum atomic E-state index is 13.7. The molecule has 0 aliphatic carbocycles. The minimum atomic E-state index is -3.61. The molecule has 1 saturated heterocycles. The molecule has 45 heavy (non-hydrogen) atoms. The third-order valence-electron chi connectivity index (χ3n) is 7.60. The Balaban J connectivity index is 1.42.